The minimum absolute atomic E-state index is 0.528. The van der Waals surface area contributed by atoms with E-state index in [0.717, 1.165) is 6.29 Å². The Hall–Kier alpha value is -1.35. The fourth-order valence-electron chi connectivity index (χ4n) is 1.14. The second-order valence-electron chi connectivity index (χ2n) is 2.38. The van der Waals surface area contributed by atoms with Crippen LogP contribution in [0.25, 0.3) is 11.0 Å². The minimum Gasteiger partial charge on any atom is -0.345 e. The maximum Gasteiger partial charge on any atom is 0.150 e. The lowest BCUT2D eigenvalue weighted by Crippen LogP contribution is -1.83. The first-order valence-electron chi connectivity index (χ1n) is 3.39. The van der Waals surface area contributed by atoms with Crippen LogP contribution in [0.1, 0.15) is 10.4 Å². The molecular formula is C8H5ClN2O. The number of aldehydes is 1. The molecule has 0 aliphatic heterocycles. The molecule has 0 aliphatic carbocycles. The molecule has 0 saturated heterocycles. The number of nitrogens with zero attached hydrogens (tertiary/aromatic N) is 1. The van der Waals surface area contributed by atoms with Gasteiger partial charge in [0.1, 0.15) is 5.65 Å². The molecule has 1 N–H and O–H groups in total. The molecule has 0 amide bonds. The van der Waals surface area contributed by atoms with Gasteiger partial charge in [-0.2, -0.15) is 0 Å². The van der Waals surface area contributed by atoms with Gasteiger partial charge in [-0.15, -0.1) is 0 Å². The molecular weight excluding hydrogens is 176 g/mol. The van der Waals surface area contributed by atoms with E-state index in [9.17, 15) is 4.79 Å². The molecule has 2 aromatic heterocycles. The highest BCUT2D eigenvalue weighted by atomic mass is 35.5. The number of aromatic nitrogens is 2. The molecule has 0 aliphatic rings. The number of pyridine rings is 1. The molecule has 2 rings (SSSR count). The first-order valence-corrected chi connectivity index (χ1v) is 3.77. The van der Waals surface area contributed by atoms with Crippen molar-refractivity contribution in [3.05, 3.63) is 29.0 Å². The lowest BCUT2D eigenvalue weighted by molar-refractivity contribution is 0.112. The standard InChI is InChI=1S/C8H5ClN2O/c9-6-3-11-8-7(6)5(4-12)1-2-10-8/h1-4H,(H,10,11). The van der Waals surface area contributed by atoms with Gasteiger partial charge >= 0.3 is 0 Å². The Morgan fingerprint density at radius 3 is 3.17 bits per heavy atom. The highest BCUT2D eigenvalue weighted by Gasteiger charge is 2.05. The molecule has 0 spiro atoms. The van der Waals surface area contributed by atoms with Crippen molar-refractivity contribution in [3.8, 4) is 0 Å². The molecule has 4 heteroatoms. The normalized spacial score (nSPS) is 10.4. The summed E-state index contributed by atoms with van der Waals surface area (Å²) in [6, 6.07) is 1.63. The van der Waals surface area contributed by atoms with Gasteiger partial charge in [0.05, 0.1) is 5.02 Å². The first kappa shape index (κ1) is 7.31. The molecule has 3 nitrogen and oxygen atoms in total. The monoisotopic (exact) mass is 180 g/mol. The Balaban J connectivity index is 2.93. The molecule has 0 aromatic carbocycles. The fourth-order valence-corrected chi connectivity index (χ4v) is 1.39. The first-order chi connectivity index (χ1) is 5.83. The third-order valence-corrected chi connectivity index (χ3v) is 1.98. The van der Waals surface area contributed by atoms with Crippen LogP contribution < -0.4 is 0 Å². The Morgan fingerprint density at radius 2 is 2.42 bits per heavy atom. The summed E-state index contributed by atoms with van der Waals surface area (Å²) in [4.78, 5) is 17.4. The molecule has 12 heavy (non-hydrogen) atoms. The van der Waals surface area contributed by atoms with Crippen LogP contribution >= 0.6 is 11.6 Å². The topological polar surface area (TPSA) is 45.8 Å². The third kappa shape index (κ3) is 0.905. The summed E-state index contributed by atoms with van der Waals surface area (Å²) in [6.07, 6.45) is 3.95. The smallest absolute Gasteiger partial charge is 0.150 e. The Morgan fingerprint density at radius 1 is 1.58 bits per heavy atom. The Bertz CT molecular complexity index is 436. The maximum atomic E-state index is 10.6. The van der Waals surface area contributed by atoms with Gasteiger partial charge in [-0.25, -0.2) is 4.98 Å². The number of fused-ring (bicyclic) bond motifs is 1. The van der Waals surface area contributed by atoms with Gasteiger partial charge in [0, 0.05) is 23.3 Å². The number of aromatic amines is 1. The maximum absolute atomic E-state index is 10.6. The van der Waals surface area contributed by atoms with Crippen molar-refractivity contribution in [3.63, 3.8) is 0 Å². The lowest BCUT2D eigenvalue weighted by Gasteiger charge is -1.92. The van der Waals surface area contributed by atoms with Gasteiger partial charge in [0.15, 0.2) is 6.29 Å². The summed E-state index contributed by atoms with van der Waals surface area (Å²) in [6.45, 7) is 0. The van der Waals surface area contributed by atoms with Gasteiger partial charge < -0.3 is 4.98 Å². The van der Waals surface area contributed by atoms with Crippen molar-refractivity contribution in [2.75, 3.05) is 0 Å². The molecule has 2 heterocycles. The average Bonchev–Trinajstić information content (AvgIpc) is 2.48. The van der Waals surface area contributed by atoms with Crippen LogP contribution in [0.3, 0.4) is 0 Å². The van der Waals surface area contributed by atoms with Crippen molar-refractivity contribution >= 4 is 28.9 Å². The van der Waals surface area contributed by atoms with Gasteiger partial charge in [0.2, 0.25) is 0 Å². The molecule has 0 bridgehead atoms. The van der Waals surface area contributed by atoms with Crippen LogP contribution in [0, 0.1) is 0 Å². The summed E-state index contributed by atoms with van der Waals surface area (Å²) >= 11 is 5.83. The number of H-pyrrole nitrogens is 1. The van der Waals surface area contributed by atoms with Crippen LogP contribution in [0.5, 0.6) is 0 Å². The summed E-state index contributed by atoms with van der Waals surface area (Å²) in [5.41, 5.74) is 1.20. The number of carbonyl (C=O) groups excluding carboxylic acids is 1. The minimum atomic E-state index is 0.528. The van der Waals surface area contributed by atoms with Gasteiger partial charge in [0.25, 0.3) is 0 Å². The third-order valence-electron chi connectivity index (χ3n) is 1.68. The predicted octanol–water partition coefficient (Wildman–Crippen LogP) is 2.03. The highest BCUT2D eigenvalue weighted by molar-refractivity contribution is 6.36. The van der Waals surface area contributed by atoms with Crippen molar-refractivity contribution in [2.24, 2.45) is 0 Å². The summed E-state index contributed by atoms with van der Waals surface area (Å²) in [7, 11) is 0. The molecule has 0 fully saturated rings. The van der Waals surface area contributed by atoms with Crippen LogP contribution in [0.4, 0.5) is 0 Å². The zero-order valence-corrected chi connectivity index (χ0v) is 6.80. The Kier molecular flexibility index (Phi) is 1.59. The number of rotatable bonds is 1. The summed E-state index contributed by atoms with van der Waals surface area (Å²) in [5, 5.41) is 1.22. The van der Waals surface area contributed by atoms with Crippen LogP contribution in [0.15, 0.2) is 18.5 Å². The van der Waals surface area contributed by atoms with E-state index in [1.807, 2.05) is 0 Å². The van der Waals surface area contributed by atoms with E-state index in [1.54, 1.807) is 18.5 Å². The van der Waals surface area contributed by atoms with E-state index in [4.69, 9.17) is 11.6 Å². The van der Waals surface area contributed by atoms with Crippen LogP contribution in [0.2, 0.25) is 5.02 Å². The number of hydrogen-bond donors (Lipinski definition) is 1. The zero-order valence-electron chi connectivity index (χ0n) is 6.04. The Labute approximate surface area is 73.4 Å². The largest absolute Gasteiger partial charge is 0.345 e. The second-order valence-corrected chi connectivity index (χ2v) is 2.79. The zero-order chi connectivity index (χ0) is 8.55. The number of nitrogens with one attached hydrogen (secondary N) is 1. The summed E-state index contributed by atoms with van der Waals surface area (Å²) < 4.78 is 0. The van der Waals surface area contributed by atoms with Gasteiger partial charge in [-0.3, -0.25) is 4.79 Å². The van der Waals surface area contributed by atoms with Crippen LogP contribution in [-0.2, 0) is 0 Å². The van der Waals surface area contributed by atoms with E-state index in [-0.39, 0.29) is 0 Å². The fraction of sp³-hybridized carbons (Fsp3) is 0. The molecule has 0 saturated carbocycles. The van der Waals surface area contributed by atoms with Gasteiger partial charge in [-0.1, -0.05) is 11.6 Å². The average molecular weight is 181 g/mol. The molecule has 2 aromatic rings. The summed E-state index contributed by atoms with van der Waals surface area (Å²) in [5.74, 6) is 0. The van der Waals surface area contributed by atoms with E-state index < -0.39 is 0 Å². The number of halogens is 1. The van der Waals surface area contributed by atoms with Crippen molar-refractivity contribution < 1.29 is 4.79 Å². The van der Waals surface area contributed by atoms with Gasteiger partial charge in [-0.05, 0) is 6.07 Å². The molecule has 0 radical (unpaired) electrons. The highest BCUT2D eigenvalue weighted by Crippen LogP contribution is 2.23. The lowest BCUT2D eigenvalue weighted by atomic mass is 10.2. The SMILES string of the molecule is O=Cc1ccnc2[nH]cc(Cl)c12. The van der Waals surface area contributed by atoms with E-state index >= 15 is 0 Å². The predicted molar refractivity (Wildman–Crippen MR) is 46.5 cm³/mol. The number of carbonyl (C=O) groups is 1. The number of hydrogen-bond acceptors (Lipinski definition) is 2. The van der Waals surface area contributed by atoms with Crippen LogP contribution in [-0.4, -0.2) is 16.3 Å². The van der Waals surface area contributed by atoms with E-state index in [2.05, 4.69) is 9.97 Å². The quantitative estimate of drug-likeness (QED) is 0.683. The van der Waals surface area contributed by atoms with E-state index in [1.165, 1.54) is 0 Å². The molecule has 60 valence electrons. The molecule has 0 atom stereocenters. The van der Waals surface area contributed by atoms with Crippen molar-refractivity contribution in [1.29, 1.82) is 0 Å². The van der Waals surface area contributed by atoms with E-state index in [0.29, 0.717) is 21.6 Å². The van der Waals surface area contributed by atoms with Crippen molar-refractivity contribution in [2.45, 2.75) is 0 Å². The second kappa shape index (κ2) is 2.60. The molecule has 0 unspecified atom stereocenters. The van der Waals surface area contributed by atoms with Crippen molar-refractivity contribution in [1.82, 2.24) is 9.97 Å².